The Morgan fingerprint density at radius 1 is 1.20 bits per heavy atom. The highest BCUT2D eigenvalue weighted by Gasteiger charge is 2.28. The lowest BCUT2D eigenvalue weighted by atomic mass is 9.86. The quantitative estimate of drug-likeness (QED) is 0.787. The summed E-state index contributed by atoms with van der Waals surface area (Å²) in [7, 11) is 0. The zero-order chi connectivity index (χ0) is 11.5. The normalized spacial score (nSPS) is 15.5. The van der Waals surface area contributed by atoms with Crippen LogP contribution < -0.4 is 11.1 Å². The molecule has 0 aromatic carbocycles. The Morgan fingerprint density at radius 2 is 1.60 bits per heavy atom. The minimum absolute atomic E-state index is 0. The largest absolute Gasteiger partial charge is 0.352 e. The molecule has 0 bridgehead atoms. The number of nitrogens with one attached hydrogen (secondary N) is 1. The molecule has 0 spiro atoms. The van der Waals surface area contributed by atoms with Gasteiger partial charge in [-0.1, -0.05) is 34.6 Å². The molecule has 3 N–H and O–H groups in total. The first-order valence-electron chi connectivity index (χ1n) is 5.22. The predicted octanol–water partition coefficient (Wildman–Crippen LogP) is 1.94. The molecule has 0 aromatic rings. The van der Waals surface area contributed by atoms with Crippen LogP contribution in [0.1, 0.15) is 41.5 Å². The van der Waals surface area contributed by atoms with Crippen LogP contribution in [0.5, 0.6) is 0 Å². The van der Waals surface area contributed by atoms with Crippen molar-refractivity contribution in [1.82, 2.24) is 5.32 Å². The predicted molar refractivity (Wildman–Crippen MR) is 67.1 cm³/mol. The third-order valence-corrected chi connectivity index (χ3v) is 2.59. The summed E-state index contributed by atoms with van der Waals surface area (Å²) in [6, 6.07) is -0.264. The molecule has 0 aromatic heterocycles. The molecule has 15 heavy (non-hydrogen) atoms. The van der Waals surface area contributed by atoms with Gasteiger partial charge in [-0.05, 0) is 18.3 Å². The molecule has 92 valence electrons. The van der Waals surface area contributed by atoms with E-state index in [0.29, 0.717) is 5.92 Å². The molecule has 3 nitrogen and oxygen atoms in total. The molecule has 0 saturated carbocycles. The summed E-state index contributed by atoms with van der Waals surface area (Å²) >= 11 is 0. The molecule has 0 fully saturated rings. The molecule has 0 rings (SSSR count). The van der Waals surface area contributed by atoms with E-state index in [1.807, 2.05) is 27.7 Å². The first kappa shape index (κ1) is 17.1. The molecule has 0 radical (unpaired) electrons. The third kappa shape index (κ3) is 6.00. The Bertz CT molecular complexity index is 199. The van der Waals surface area contributed by atoms with E-state index in [1.165, 1.54) is 0 Å². The highest BCUT2D eigenvalue weighted by atomic mass is 35.5. The van der Waals surface area contributed by atoms with Crippen molar-refractivity contribution in [1.29, 1.82) is 0 Å². The second-order valence-electron chi connectivity index (χ2n) is 5.38. The summed E-state index contributed by atoms with van der Waals surface area (Å²) in [4.78, 5) is 11.7. The van der Waals surface area contributed by atoms with Crippen LogP contribution in [0.25, 0.3) is 0 Å². The lowest BCUT2D eigenvalue weighted by Gasteiger charge is -2.28. The van der Waals surface area contributed by atoms with Gasteiger partial charge in [0, 0.05) is 6.04 Å². The van der Waals surface area contributed by atoms with Gasteiger partial charge in [-0.3, -0.25) is 4.79 Å². The molecule has 0 aliphatic carbocycles. The number of carbonyl (C=O) groups is 1. The Labute approximate surface area is 99.6 Å². The van der Waals surface area contributed by atoms with Gasteiger partial charge in [-0.25, -0.2) is 0 Å². The Kier molecular flexibility index (Phi) is 7.23. The van der Waals surface area contributed by atoms with E-state index in [1.54, 1.807) is 0 Å². The number of rotatable bonds is 3. The SMILES string of the molecule is CC(C)C(C)NC(=O)[C@@H](N)C(C)(C)C.Cl. The second kappa shape index (κ2) is 6.33. The molecular weight excluding hydrogens is 212 g/mol. The summed E-state index contributed by atoms with van der Waals surface area (Å²) in [6.07, 6.45) is 0. The summed E-state index contributed by atoms with van der Waals surface area (Å²) in [5, 5.41) is 2.92. The van der Waals surface area contributed by atoms with Gasteiger partial charge in [0.1, 0.15) is 0 Å². The first-order chi connectivity index (χ1) is 6.16. The monoisotopic (exact) mass is 236 g/mol. The van der Waals surface area contributed by atoms with Gasteiger partial charge in [0.25, 0.3) is 0 Å². The zero-order valence-corrected chi connectivity index (χ0v) is 11.4. The summed E-state index contributed by atoms with van der Waals surface area (Å²) in [6.45, 7) is 12.1. The molecule has 1 amide bonds. The zero-order valence-electron chi connectivity index (χ0n) is 10.6. The highest BCUT2D eigenvalue weighted by molar-refractivity contribution is 5.85. The van der Waals surface area contributed by atoms with Gasteiger partial charge in [0.2, 0.25) is 5.91 Å². The number of carbonyl (C=O) groups excluding carboxylic acids is 1. The van der Waals surface area contributed by atoms with E-state index in [2.05, 4.69) is 19.2 Å². The maximum Gasteiger partial charge on any atom is 0.237 e. The van der Waals surface area contributed by atoms with Gasteiger partial charge in [-0.2, -0.15) is 0 Å². The molecule has 2 atom stereocenters. The van der Waals surface area contributed by atoms with Crippen molar-refractivity contribution in [3.63, 3.8) is 0 Å². The molecule has 1 unspecified atom stereocenters. The van der Waals surface area contributed by atoms with Gasteiger partial charge in [0.15, 0.2) is 0 Å². The van der Waals surface area contributed by atoms with E-state index in [0.717, 1.165) is 0 Å². The molecule has 0 aliphatic rings. The average Bonchev–Trinajstić information content (AvgIpc) is 2.00. The topological polar surface area (TPSA) is 55.1 Å². The third-order valence-electron chi connectivity index (χ3n) is 2.59. The number of amides is 1. The highest BCUT2D eigenvalue weighted by Crippen LogP contribution is 2.17. The van der Waals surface area contributed by atoms with Crippen LogP contribution in [0.3, 0.4) is 0 Å². The molecule has 0 heterocycles. The van der Waals surface area contributed by atoms with Crippen molar-refractivity contribution in [3.8, 4) is 0 Å². The van der Waals surface area contributed by atoms with Crippen LogP contribution in [-0.4, -0.2) is 18.0 Å². The minimum atomic E-state index is -0.441. The lowest BCUT2D eigenvalue weighted by Crippen LogP contribution is -2.51. The van der Waals surface area contributed by atoms with Crippen LogP contribution in [0.15, 0.2) is 0 Å². The van der Waals surface area contributed by atoms with Gasteiger partial charge in [0.05, 0.1) is 6.04 Å². The number of hydrogen-bond donors (Lipinski definition) is 2. The van der Waals surface area contributed by atoms with Crippen molar-refractivity contribution in [3.05, 3.63) is 0 Å². The van der Waals surface area contributed by atoms with E-state index < -0.39 is 6.04 Å². The second-order valence-corrected chi connectivity index (χ2v) is 5.38. The van der Waals surface area contributed by atoms with Crippen LogP contribution in [0.4, 0.5) is 0 Å². The summed E-state index contributed by atoms with van der Waals surface area (Å²) < 4.78 is 0. The first-order valence-corrected chi connectivity index (χ1v) is 5.22. The standard InChI is InChI=1S/C11H24N2O.ClH/c1-7(2)8(3)13-10(14)9(12)11(4,5)6;/h7-9H,12H2,1-6H3,(H,13,14);1H/t8?,9-;/m1./s1. The van der Waals surface area contributed by atoms with Crippen LogP contribution in [-0.2, 0) is 4.79 Å². The Morgan fingerprint density at radius 3 is 1.87 bits per heavy atom. The van der Waals surface area contributed by atoms with Crippen molar-refractivity contribution in [2.24, 2.45) is 17.1 Å². The fraction of sp³-hybridized carbons (Fsp3) is 0.909. The molecule has 0 saturated heterocycles. The Balaban J connectivity index is 0. The van der Waals surface area contributed by atoms with E-state index in [9.17, 15) is 4.79 Å². The van der Waals surface area contributed by atoms with Crippen molar-refractivity contribution < 1.29 is 4.79 Å². The summed E-state index contributed by atoms with van der Waals surface area (Å²) in [5.41, 5.74) is 5.65. The average molecular weight is 237 g/mol. The van der Waals surface area contributed by atoms with E-state index >= 15 is 0 Å². The van der Waals surface area contributed by atoms with Crippen LogP contribution in [0, 0.1) is 11.3 Å². The van der Waals surface area contributed by atoms with E-state index in [4.69, 9.17) is 5.73 Å². The molecular formula is C11H25ClN2O. The van der Waals surface area contributed by atoms with Crippen molar-refractivity contribution >= 4 is 18.3 Å². The number of nitrogens with two attached hydrogens (primary N) is 1. The fourth-order valence-corrected chi connectivity index (χ4v) is 0.874. The smallest absolute Gasteiger partial charge is 0.237 e. The lowest BCUT2D eigenvalue weighted by molar-refractivity contribution is -0.125. The minimum Gasteiger partial charge on any atom is -0.352 e. The maximum absolute atomic E-state index is 11.7. The Hall–Kier alpha value is -0.280. The summed E-state index contributed by atoms with van der Waals surface area (Å²) in [5.74, 6) is 0.379. The van der Waals surface area contributed by atoms with Gasteiger partial charge in [-0.15, -0.1) is 12.4 Å². The van der Waals surface area contributed by atoms with Gasteiger partial charge >= 0.3 is 0 Å². The fourth-order valence-electron chi connectivity index (χ4n) is 0.874. The maximum atomic E-state index is 11.7. The van der Waals surface area contributed by atoms with Crippen LogP contribution >= 0.6 is 12.4 Å². The van der Waals surface area contributed by atoms with E-state index in [-0.39, 0.29) is 29.8 Å². The van der Waals surface area contributed by atoms with Gasteiger partial charge < -0.3 is 11.1 Å². The molecule has 0 aliphatic heterocycles. The van der Waals surface area contributed by atoms with Crippen molar-refractivity contribution in [2.75, 3.05) is 0 Å². The number of halogens is 1. The van der Waals surface area contributed by atoms with Crippen LogP contribution in [0.2, 0.25) is 0 Å². The molecule has 4 heteroatoms. The number of hydrogen-bond acceptors (Lipinski definition) is 2. The van der Waals surface area contributed by atoms with Crippen molar-refractivity contribution in [2.45, 2.75) is 53.6 Å².